The molecule has 1 radical (unpaired) electrons. The Morgan fingerprint density at radius 3 is 1.35 bits per heavy atom. The average Bonchev–Trinajstić information content (AvgIpc) is 3.00. The van der Waals surface area contributed by atoms with E-state index in [-0.39, 0.29) is 37.7 Å². The molecular formula is C36H52AuF6NO4PS2-2. The molecule has 0 amide bonds. The summed E-state index contributed by atoms with van der Waals surface area (Å²) in [5, 5.41) is 1.75. The molecule has 0 saturated heterocycles. The van der Waals surface area contributed by atoms with Crippen LogP contribution in [0, 0.1) is 7.43 Å². The van der Waals surface area contributed by atoms with E-state index in [1.807, 2.05) is 0 Å². The predicted molar refractivity (Wildman–Crippen MR) is 194 cm³/mol. The van der Waals surface area contributed by atoms with Gasteiger partial charge < -0.3 is 11.6 Å². The maximum absolute atomic E-state index is 11.4. The normalized spacial score (nSPS) is 16.9. The van der Waals surface area contributed by atoms with Crippen LogP contribution in [0.3, 0.4) is 0 Å². The summed E-state index contributed by atoms with van der Waals surface area (Å²) in [6.45, 7) is 14.3. The SMILES string of the molecule is CC(C)c1cc(C(C)C)c(-c2ccccc2P(C2CCCCC2)C2CCCCC2)c(C(C)C)c1.O=S(=O)([N-]S(=O)(=O)C(F)(F)F)C(F)(F)F.[Au].[CH3-]. The summed E-state index contributed by atoms with van der Waals surface area (Å²) >= 11 is 0. The first-order valence-electron chi connectivity index (χ1n) is 17.0. The third kappa shape index (κ3) is 12.3. The fourth-order valence-electron chi connectivity index (χ4n) is 6.80. The van der Waals surface area contributed by atoms with Gasteiger partial charge >= 0.3 is 11.0 Å². The Labute approximate surface area is 318 Å². The van der Waals surface area contributed by atoms with Crippen molar-refractivity contribution in [2.45, 2.75) is 146 Å². The van der Waals surface area contributed by atoms with Crippen molar-refractivity contribution in [1.29, 1.82) is 0 Å². The number of hydrogen-bond donors (Lipinski definition) is 0. The van der Waals surface area contributed by atoms with E-state index in [4.69, 9.17) is 0 Å². The van der Waals surface area contributed by atoms with E-state index in [1.165, 1.54) is 69.8 Å². The average molecular weight is 969 g/mol. The van der Waals surface area contributed by atoms with Gasteiger partial charge in [0.05, 0.1) is 0 Å². The molecule has 51 heavy (non-hydrogen) atoms. The molecule has 297 valence electrons. The molecule has 15 heteroatoms. The Balaban J connectivity index is 0.000000654. The molecule has 2 aliphatic rings. The van der Waals surface area contributed by atoms with Gasteiger partial charge in [-0.3, -0.25) is 0 Å². The number of sulfonamides is 2. The standard InChI is InChI=1S/C33H49P.C2F6NO4S2.CH3.Au/c1-23(2)26-21-30(24(3)4)33(31(22-26)25(5)6)29-19-13-14-20-32(29)34(27-15-9-7-10-16-27)28-17-11-8-12-18-28;3-1(4,5)14(10,11)9-15(12,13)2(6,7)8;;/h13-14,19-25,27-28H,7-12,15-18H2,1-6H3;;1H3;/q;2*-1;. The number of rotatable bonds is 9. The van der Waals surface area contributed by atoms with Gasteiger partial charge in [0.25, 0.3) is 0 Å². The zero-order valence-corrected chi connectivity index (χ0v) is 35.0. The Morgan fingerprint density at radius 2 is 1.02 bits per heavy atom. The van der Waals surface area contributed by atoms with Crippen LogP contribution in [0.15, 0.2) is 36.4 Å². The molecule has 2 aromatic carbocycles. The van der Waals surface area contributed by atoms with E-state index in [0.717, 1.165) is 15.4 Å². The Kier molecular flexibility index (Phi) is 18.5. The summed E-state index contributed by atoms with van der Waals surface area (Å²) in [6, 6.07) is 14.8. The first kappa shape index (κ1) is 48.1. The number of nitrogens with zero attached hydrogens (tertiary/aromatic N) is 1. The monoisotopic (exact) mass is 968 g/mol. The summed E-state index contributed by atoms with van der Waals surface area (Å²) in [7, 11) is -13.6. The van der Waals surface area contributed by atoms with Crippen molar-refractivity contribution in [3.05, 3.63) is 64.6 Å². The van der Waals surface area contributed by atoms with Crippen molar-refractivity contribution in [2.24, 2.45) is 0 Å². The molecule has 0 N–H and O–H groups in total. The molecule has 2 fully saturated rings. The molecule has 0 atom stereocenters. The second-order valence-electron chi connectivity index (χ2n) is 14.0. The summed E-state index contributed by atoms with van der Waals surface area (Å²) in [5.41, 5.74) is -2.70. The van der Waals surface area contributed by atoms with Crippen molar-refractivity contribution < 1.29 is 65.6 Å². The van der Waals surface area contributed by atoms with Gasteiger partial charge in [-0.2, -0.15) is 26.3 Å². The molecule has 0 spiro atoms. The fraction of sp³-hybridized carbons (Fsp3) is 0.639. The van der Waals surface area contributed by atoms with Gasteiger partial charge in [-0.1, -0.05) is 124 Å². The van der Waals surface area contributed by atoms with Crippen molar-refractivity contribution in [2.75, 3.05) is 0 Å². The van der Waals surface area contributed by atoms with Crippen molar-refractivity contribution in [3.8, 4) is 11.1 Å². The van der Waals surface area contributed by atoms with E-state index >= 15 is 0 Å². The van der Waals surface area contributed by atoms with Crippen LogP contribution in [0.2, 0.25) is 0 Å². The Bertz CT molecular complexity index is 1530. The number of benzene rings is 2. The largest absolute Gasteiger partial charge is 0.480 e. The minimum absolute atomic E-state index is 0. The van der Waals surface area contributed by atoms with Gasteiger partial charge in [-0.25, -0.2) is 16.8 Å². The summed E-state index contributed by atoms with van der Waals surface area (Å²) in [6.07, 6.45) is 14.6. The fourth-order valence-corrected chi connectivity index (χ4v) is 12.5. The third-order valence-electron chi connectivity index (χ3n) is 9.30. The molecule has 0 unspecified atom stereocenters. The molecule has 0 heterocycles. The molecule has 2 aliphatic carbocycles. The van der Waals surface area contributed by atoms with Crippen LogP contribution in [0.25, 0.3) is 15.3 Å². The molecule has 0 aliphatic heterocycles. The molecule has 2 saturated carbocycles. The van der Waals surface area contributed by atoms with Crippen molar-refractivity contribution >= 4 is 33.3 Å². The summed E-state index contributed by atoms with van der Waals surface area (Å²) < 4.78 is 109. The molecule has 0 bridgehead atoms. The topological polar surface area (TPSA) is 82.4 Å². The van der Waals surface area contributed by atoms with E-state index in [1.54, 1.807) is 27.6 Å². The van der Waals surface area contributed by atoms with Crippen LogP contribution in [0.5, 0.6) is 0 Å². The van der Waals surface area contributed by atoms with Crippen molar-refractivity contribution in [3.63, 3.8) is 0 Å². The molecular weight excluding hydrogens is 916 g/mol. The maximum atomic E-state index is 11.4. The van der Waals surface area contributed by atoms with Gasteiger partial charge in [0, 0.05) is 22.4 Å². The Hall–Kier alpha value is -0.950. The second kappa shape index (κ2) is 19.6. The van der Waals surface area contributed by atoms with Gasteiger partial charge in [0.2, 0.25) is 0 Å². The maximum Gasteiger partial charge on any atom is 0.480 e. The van der Waals surface area contributed by atoms with Crippen LogP contribution < -0.4 is 5.30 Å². The van der Waals surface area contributed by atoms with Crippen LogP contribution >= 0.6 is 7.92 Å². The van der Waals surface area contributed by atoms with Gasteiger partial charge in [0.1, 0.15) is 0 Å². The van der Waals surface area contributed by atoms with E-state index < -0.39 is 31.1 Å². The second-order valence-corrected chi connectivity index (χ2v) is 20.1. The molecule has 2 aromatic rings. The Morgan fingerprint density at radius 1 is 0.647 bits per heavy atom. The number of halogens is 6. The van der Waals surface area contributed by atoms with Crippen LogP contribution in [0.1, 0.15) is 140 Å². The van der Waals surface area contributed by atoms with E-state index in [9.17, 15) is 43.2 Å². The first-order valence-corrected chi connectivity index (χ1v) is 21.4. The van der Waals surface area contributed by atoms with Gasteiger partial charge in [-0.05, 0) is 87.9 Å². The predicted octanol–water partition coefficient (Wildman–Crippen LogP) is 12.0. The van der Waals surface area contributed by atoms with Crippen LogP contribution in [-0.2, 0) is 42.4 Å². The molecule has 0 aromatic heterocycles. The first-order chi connectivity index (χ1) is 22.6. The zero-order chi connectivity index (χ0) is 36.9. The van der Waals surface area contributed by atoms with Crippen molar-refractivity contribution in [1.82, 2.24) is 0 Å². The quantitative estimate of drug-likeness (QED) is 0.108. The van der Waals surface area contributed by atoms with Crippen LogP contribution in [0.4, 0.5) is 26.3 Å². The molecule has 4 rings (SSSR count). The number of alkyl halides is 6. The van der Waals surface area contributed by atoms with Gasteiger partial charge in [0.15, 0.2) is 20.0 Å². The van der Waals surface area contributed by atoms with E-state index in [2.05, 4.69) is 77.9 Å². The molecule has 5 nitrogen and oxygen atoms in total. The zero-order valence-electron chi connectivity index (χ0n) is 30.3. The van der Waals surface area contributed by atoms with Gasteiger partial charge in [-0.15, -0.1) is 0 Å². The minimum atomic E-state index is -6.72. The van der Waals surface area contributed by atoms with Crippen LogP contribution in [-0.4, -0.2) is 39.2 Å². The van der Waals surface area contributed by atoms with E-state index in [0.29, 0.717) is 17.8 Å². The third-order valence-corrected chi connectivity index (χ3v) is 15.6. The summed E-state index contributed by atoms with van der Waals surface area (Å²) in [5.74, 6) is 1.64. The minimum Gasteiger partial charge on any atom is -0.421 e. The summed E-state index contributed by atoms with van der Waals surface area (Å²) in [4.78, 5) is 0. The number of hydrogen-bond acceptors (Lipinski definition) is 4. The smallest absolute Gasteiger partial charge is 0.421 e.